The van der Waals surface area contributed by atoms with Crippen LogP contribution in [0.4, 0.5) is 0 Å². The van der Waals surface area contributed by atoms with Gasteiger partial charge in [0.1, 0.15) is 0 Å². The SMILES string of the molecule is C[C@H](NNC(=O)c1ccccc1)[C@@H]1CCC[C@H]1O. The first-order chi connectivity index (χ1) is 8.68. The summed E-state index contributed by atoms with van der Waals surface area (Å²) in [6.07, 6.45) is 2.69. The molecule has 1 aromatic rings. The van der Waals surface area contributed by atoms with Crippen LogP contribution in [0.1, 0.15) is 36.5 Å². The number of hydrazine groups is 1. The maximum absolute atomic E-state index is 11.8. The summed E-state index contributed by atoms with van der Waals surface area (Å²) >= 11 is 0. The van der Waals surface area contributed by atoms with Gasteiger partial charge in [0.05, 0.1) is 6.10 Å². The van der Waals surface area contributed by atoms with Crippen molar-refractivity contribution in [3.05, 3.63) is 35.9 Å². The molecule has 1 aliphatic rings. The van der Waals surface area contributed by atoms with Crippen LogP contribution in [0.2, 0.25) is 0 Å². The molecule has 1 aromatic carbocycles. The molecule has 98 valence electrons. The highest BCUT2D eigenvalue weighted by Gasteiger charge is 2.30. The van der Waals surface area contributed by atoms with E-state index in [0.717, 1.165) is 19.3 Å². The molecule has 4 heteroatoms. The average Bonchev–Trinajstić information content (AvgIpc) is 2.83. The zero-order chi connectivity index (χ0) is 13.0. The lowest BCUT2D eigenvalue weighted by atomic mass is 9.98. The molecule has 3 atom stereocenters. The fourth-order valence-corrected chi connectivity index (χ4v) is 2.50. The van der Waals surface area contributed by atoms with Gasteiger partial charge >= 0.3 is 0 Å². The summed E-state index contributed by atoms with van der Waals surface area (Å²) in [5.74, 6) is 0.0796. The van der Waals surface area contributed by atoms with Gasteiger partial charge in [-0.1, -0.05) is 24.6 Å². The number of rotatable bonds is 4. The molecule has 1 saturated carbocycles. The monoisotopic (exact) mass is 248 g/mol. The summed E-state index contributed by atoms with van der Waals surface area (Å²) in [5, 5.41) is 9.79. The Morgan fingerprint density at radius 1 is 1.33 bits per heavy atom. The lowest BCUT2D eigenvalue weighted by Crippen LogP contribution is -2.47. The standard InChI is InChI=1S/C14H20N2O2/c1-10(12-8-5-9-13(12)17)15-16-14(18)11-6-3-2-4-7-11/h2-4,6-7,10,12-13,15,17H,5,8-9H2,1H3,(H,16,18)/t10-,12-,13+/m0/s1. The lowest BCUT2D eigenvalue weighted by Gasteiger charge is -2.23. The molecule has 1 amide bonds. The quantitative estimate of drug-likeness (QED) is 0.707. The van der Waals surface area contributed by atoms with Gasteiger partial charge in [-0.25, -0.2) is 5.43 Å². The Hall–Kier alpha value is -1.39. The summed E-state index contributed by atoms with van der Waals surface area (Å²) in [5.41, 5.74) is 6.32. The van der Waals surface area contributed by atoms with Crippen molar-refractivity contribution >= 4 is 5.91 Å². The van der Waals surface area contributed by atoms with Crippen molar-refractivity contribution in [1.82, 2.24) is 10.9 Å². The van der Waals surface area contributed by atoms with Gasteiger partial charge in [-0.05, 0) is 31.9 Å². The van der Waals surface area contributed by atoms with Gasteiger partial charge in [0.15, 0.2) is 0 Å². The van der Waals surface area contributed by atoms with Gasteiger partial charge in [-0.3, -0.25) is 10.2 Å². The zero-order valence-electron chi connectivity index (χ0n) is 10.6. The molecule has 0 unspecified atom stereocenters. The first kappa shape index (κ1) is 13.1. The van der Waals surface area contributed by atoms with E-state index in [4.69, 9.17) is 0 Å². The molecule has 0 saturated heterocycles. The molecule has 3 N–H and O–H groups in total. The fraction of sp³-hybridized carbons (Fsp3) is 0.500. The highest BCUT2D eigenvalue weighted by Crippen LogP contribution is 2.27. The third-order valence-corrected chi connectivity index (χ3v) is 3.62. The van der Waals surface area contributed by atoms with Crippen LogP contribution in [0, 0.1) is 5.92 Å². The number of aliphatic hydroxyl groups excluding tert-OH is 1. The van der Waals surface area contributed by atoms with Crippen LogP contribution >= 0.6 is 0 Å². The van der Waals surface area contributed by atoms with Crippen molar-refractivity contribution in [1.29, 1.82) is 0 Å². The number of carbonyl (C=O) groups is 1. The number of hydrogen-bond acceptors (Lipinski definition) is 3. The predicted molar refractivity (Wildman–Crippen MR) is 69.9 cm³/mol. The molecule has 1 fully saturated rings. The van der Waals surface area contributed by atoms with Crippen molar-refractivity contribution in [3.63, 3.8) is 0 Å². The number of carbonyl (C=O) groups excluding carboxylic acids is 1. The Morgan fingerprint density at radius 2 is 2.06 bits per heavy atom. The van der Waals surface area contributed by atoms with Crippen molar-refractivity contribution in [2.75, 3.05) is 0 Å². The van der Waals surface area contributed by atoms with Crippen molar-refractivity contribution in [2.24, 2.45) is 5.92 Å². The predicted octanol–water partition coefficient (Wildman–Crippen LogP) is 1.47. The molecule has 4 nitrogen and oxygen atoms in total. The van der Waals surface area contributed by atoms with Crippen LogP contribution in [-0.4, -0.2) is 23.2 Å². The summed E-state index contributed by atoms with van der Waals surface area (Å²) in [7, 11) is 0. The third-order valence-electron chi connectivity index (χ3n) is 3.62. The Kier molecular flexibility index (Phi) is 4.33. The minimum Gasteiger partial charge on any atom is -0.393 e. The fourth-order valence-electron chi connectivity index (χ4n) is 2.50. The van der Waals surface area contributed by atoms with Gasteiger partial charge in [0.2, 0.25) is 0 Å². The van der Waals surface area contributed by atoms with E-state index >= 15 is 0 Å². The first-order valence-corrected chi connectivity index (χ1v) is 6.47. The van der Waals surface area contributed by atoms with E-state index in [1.54, 1.807) is 12.1 Å². The molecule has 0 radical (unpaired) electrons. The van der Waals surface area contributed by atoms with Crippen LogP contribution in [0.15, 0.2) is 30.3 Å². The summed E-state index contributed by atoms with van der Waals surface area (Å²) in [6.45, 7) is 1.99. The van der Waals surface area contributed by atoms with E-state index in [-0.39, 0.29) is 24.0 Å². The van der Waals surface area contributed by atoms with E-state index in [2.05, 4.69) is 10.9 Å². The second-order valence-corrected chi connectivity index (χ2v) is 4.92. The van der Waals surface area contributed by atoms with E-state index < -0.39 is 0 Å². The molecule has 18 heavy (non-hydrogen) atoms. The largest absolute Gasteiger partial charge is 0.393 e. The van der Waals surface area contributed by atoms with E-state index in [1.165, 1.54) is 0 Å². The molecule has 2 rings (SSSR count). The number of nitrogens with one attached hydrogen (secondary N) is 2. The number of amides is 1. The van der Waals surface area contributed by atoms with Gasteiger partial charge in [-0.2, -0.15) is 0 Å². The van der Waals surface area contributed by atoms with Gasteiger partial charge in [0, 0.05) is 17.5 Å². The Morgan fingerprint density at radius 3 is 2.67 bits per heavy atom. The Bertz CT molecular complexity index is 394. The van der Waals surface area contributed by atoms with Crippen LogP contribution in [0.5, 0.6) is 0 Å². The smallest absolute Gasteiger partial charge is 0.265 e. The Balaban J connectivity index is 1.83. The lowest BCUT2D eigenvalue weighted by molar-refractivity contribution is 0.0864. The highest BCUT2D eigenvalue weighted by atomic mass is 16.3. The molecule has 0 bridgehead atoms. The minimum absolute atomic E-state index is 0.0789. The molecule has 1 aliphatic carbocycles. The van der Waals surface area contributed by atoms with Crippen molar-refractivity contribution < 1.29 is 9.90 Å². The van der Waals surface area contributed by atoms with E-state index in [1.807, 2.05) is 25.1 Å². The third kappa shape index (κ3) is 3.09. The van der Waals surface area contributed by atoms with Crippen LogP contribution < -0.4 is 10.9 Å². The number of aliphatic hydroxyl groups is 1. The van der Waals surface area contributed by atoms with Crippen LogP contribution in [-0.2, 0) is 0 Å². The molecular formula is C14H20N2O2. The number of hydrogen-bond donors (Lipinski definition) is 3. The van der Waals surface area contributed by atoms with Crippen molar-refractivity contribution in [2.45, 2.75) is 38.3 Å². The molecule has 0 spiro atoms. The zero-order valence-corrected chi connectivity index (χ0v) is 10.6. The van der Waals surface area contributed by atoms with Gasteiger partial charge in [0.25, 0.3) is 5.91 Å². The first-order valence-electron chi connectivity index (χ1n) is 6.47. The topological polar surface area (TPSA) is 61.4 Å². The maximum atomic E-state index is 11.8. The summed E-state index contributed by atoms with van der Waals surface area (Å²) < 4.78 is 0. The van der Waals surface area contributed by atoms with E-state index in [0.29, 0.717) is 5.56 Å². The van der Waals surface area contributed by atoms with Crippen LogP contribution in [0.25, 0.3) is 0 Å². The molecular weight excluding hydrogens is 228 g/mol. The normalized spacial score (nSPS) is 24.8. The summed E-state index contributed by atoms with van der Waals surface area (Å²) in [6, 6.07) is 9.16. The molecule has 0 aromatic heterocycles. The molecule has 0 aliphatic heterocycles. The second kappa shape index (κ2) is 5.98. The van der Waals surface area contributed by atoms with E-state index in [9.17, 15) is 9.90 Å². The van der Waals surface area contributed by atoms with Crippen LogP contribution in [0.3, 0.4) is 0 Å². The molecule has 0 heterocycles. The number of benzene rings is 1. The van der Waals surface area contributed by atoms with Gasteiger partial charge in [-0.15, -0.1) is 0 Å². The van der Waals surface area contributed by atoms with Gasteiger partial charge < -0.3 is 5.11 Å². The second-order valence-electron chi connectivity index (χ2n) is 4.92. The maximum Gasteiger partial charge on any atom is 0.265 e. The van der Waals surface area contributed by atoms with Crippen molar-refractivity contribution in [3.8, 4) is 0 Å². The summed E-state index contributed by atoms with van der Waals surface area (Å²) in [4.78, 5) is 11.8. The Labute approximate surface area is 107 Å². The average molecular weight is 248 g/mol. The minimum atomic E-state index is -0.249. The highest BCUT2D eigenvalue weighted by molar-refractivity contribution is 5.93.